The van der Waals surface area contributed by atoms with Crippen LogP contribution in [0.3, 0.4) is 0 Å². The summed E-state index contributed by atoms with van der Waals surface area (Å²) in [6.45, 7) is 1.07. The molecule has 0 aliphatic carbocycles. The highest BCUT2D eigenvalue weighted by atomic mass is 19.1. The van der Waals surface area contributed by atoms with Gasteiger partial charge in [0.15, 0.2) is 17.5 Å². The van der Waals surface area contributed by atoms with Crippen LogP contribution in [0.15, 0.2) is 66.7 Å². The predicted octanol–water partition coefficient (Wildman–Crippen LogP) is 3.04. The normalized spacial score (nSPS) is 21.2. The molecule has 4 N–H and O–H groups in total. The molecule has 1 aromatic carbocycles. The summed E-state index contributed by atoms with van der Waals surface area (Å²) < 4.78 is 14.5. The van der Waals surface area contributed by atoms with E-state index in [4.69, 9.17) is 0 Å². The standard InChI is InChI=1S/C23H24FN7O/c24-19-14-28-21(18-13-27-20-17(18)9-4-10-25-20)30-22(19)26-12-16-8-5-11-31(16)23(32)29-15-6-2-1-3-7-15/h1-4,6-7,9-10,13-14,16,20,25,27H,5,8,11-12H2,(H,29,32)(H,26,28,30)/t16-,20?/m0/s1. The molecular formula is C23H24FN7O. The van der Waals surface area contributed by atoms with Gasteiger partial charge in [0.05, 0.1) is 12.2 Å². The number of carbonyl (C=O) groups is 1. The van der Waals surface area contributed by atoms with Crippen LogP contribution in [0.4, 0.5) is 20.7 Å². The Morgan fingerprint density at radius 2 is 2.12 bits per heavy atom. The number of benzene rings is 1. The molecule has 2 amide bonds. The average molecular weight is 433 g/mol. The van der Waals surface area contributed by atoms with E-state index in [0.29, 0.717) is 18.9 Å². The zero-order valence-corrected chi connectivity index (χ0v) is 17.4. The molecule has 1 unspecified atom stereocenters. The number of halogens is 1. The molecule has 2 aromatic rings. The Labute approximate surface area is 185 Å². The SMILES string of the molecule is O=C(Nc1ccccc1)N1CCC[C@H]1CNc1nc(C2=CNC3NC=CC=C23)ncc1F. The van der Waals surface area contributed by atoms with Crippen LogP contribution < -0.4 is 21.3 Å². The van der Waals surface area contributed by atoms with E-state index in [1.165, 1.54) is 6.20 Å². The number of likely N-dealkylation sites (tertiary alicyclic amines) is 1. The highest BCUT2D eigenvalue weighted by molar-refractivity contribution is 5.89. The van der Waals surface area contributed by atoms with Crippen molar-refractivity contribution in [1.29, 1.82) is 0 Å². The van der Waals surface area contributed by atoms with Gasteiger partial charge in [-0.15, -0.1) is 0 Å². The van der Waals surface area contributed by atoms with Crippen molar-refractivity contribution in [2.24, 2.45) is 0 Å². The monoisotopic (exact) mass is 433 g/mol. The van der Waals surface area contributed by atoms with Gasteiger partial charge in [-0.1, -0.05) is 24.3 Å². The van der Waals surface area contributed by atoms with Gasteiger partial charge in [0.1, 0.15) is 6.17 Å². The number of para-hydroxylation sites is 1. The maximum absolute atomic E-state index is 14.5. The van der Waals surface area contributed by atoms with Crippen LogP contribution in [-0.4, -0.2) is 46.2 Å². The number of rotatable bonds is 5. The Balaban J connectivity index is 1.26. The van der Waals surface area contributed by atoms with Gasteiger partial charge in [0.25, 0.3) is 0 Å². The lowest BCUT2D eigenvalue weighted by atomic mass is 10.0. The molecule has 8 nitrogen and oxygen atoms in total. The minimum atomic E-state index is -0.522. The fraction of sp³-hybridized carbons (Fsp3) is 0.261. The topological polar surface area (TPSA) is 94.2 Å². The molecule has 4 heterocycles. The number of urea groups is 1. The van der Waals surface area contributed by atoms with Gasteiger partial charge in [-0.05, 0) is 37.3 Å². The number of aromatic nitrogens is 2. The van der Waals surface area contributed by atoms with Crippen molar-refractivity contribution in [3.05, 3.63) is 78.3 Å². The molecule has 0 radical (unpaired) electrons. The predicted molar refractivity (Wildman–Crippen MR) is 121 cm³/mol. The molecule has 0 spiro atoms. The van der Waals surface area contributed by atoms with Crippen LogP contribution in [0.25, 0.3) is 5.57 Å². The van der Waals surface area contributed by atoms with Crippen LogP contribution in [0.1, 0.15) is 18.7 Å². The van der Waals surface area contributed by atoms with E-state index in [0.717, 1.165) is 29.7 Å². The van der Waals surface area contributed by atoms with Crippen LogP contribution in [0.2, 0.25) is 0 Å². The maximum atomic E-state index is 14.5. The Morgan fingerprint density at radius 3 is 3.00 bits per heavy atom. The molecule has 0 saturated carbocycles. The van der Waals surface area contributed by atoms with Gasteiger partial charge in [0, 0.05) is 36.1 Å². The summed E-state index contributed by atoms with van der Waals surface area (Å²) in [6, 6.07) is 9.15. The summed E-state index contributed by atoms with van der Waals surface area (Å²) in [7, 11) is 0. The van der Waals surface area contributed by atoms with E-state index >= 15 is 0 Å². The molecule has 1 aromatic heterocycles. The Kier molecular flexibility index (Phi) is 5.45. The number of anilines is 2. The number of nitrogens with zero attached hydrogens (tertiary/aromatic N) is 3. The van der Waals surface area contributed by atoms with E-state index in [1.54, 1.807) is 4.90 Å². The number of fused-ring (bicyclic) bond motifs is 1. The van der Waals surface area contributed by atoms with Crippen molar-refractivity contribution in [1.82, 2.24) is 25.5 Å². The summed E-state index contributed by atoms with van der Waals surface area (Å²) in [5, 5.41) is 12.4. The number of hydrogen-bond acceptors (Lipinski definition) is 6. The van der Waals surface area contributed by atoms with E-state index in [-0.39, 0.29) is 24.1 Å². The first kappa shape index (κ1) is 20.0. The molecule has 3 aliphatic heterocycles. The highest BCUT2D eigenvalue weighted by Gasteiger charge is 2.30. The third kappa shape index (κ3) is 4.01. The molecular weight excluding hydrogens is 409 g/mol. The zero-order valence-electron chi connectivity index (χ0n) is 17.4. The largest absolute Gasteiger partial charge is 0.368 e. The minimum absolute atomic E-state index is 0.0322. The van der Waals surface area contributed by atoms with Crippen LogP contribution in [0, 0.1) is 5.82 Å². The second-order valence-electron chi connectivity index (χ2n) is 7.86. The van der Waals surface area contributed by atoms with E-state index < -0.39 is 5.82 Å². The van der Waals surface area contributed by atoms with Gasteiger partial charge < -0.3 is 26.2 Å². The van der Waals surface area contributed by atoms with Crippen LogP contribution in [0.5, 0.6) is 0 Å². The maximum Gasteiger partial charge on any atom is 0.322 e. The summed E-state index contributed by atoms with van der Waals surface area (Å²) >= 11 is 0. The van der Waals surface area contributed by atoms with E-state index in [2.05, 4.69) is 31.2 Å². The quantitative estimate of drug-likeness (QED) is 0.579. The number of nitrogens with one attached hydrogen (secondary N) is 4. The number of allylic oxidation sites excluding steroid dienone is 2. The Bertz CT molecular complexity index is 1100. The van der Waals surface area contributed by atoms with Gasteiger partial charge in [0.2, 0.25) is 0 Å². The lowest BCUT2D eigenvalue weighted by Crippen LogP contribution is -2.42. The summed E-state index contributed by atoms with van der Waals surface area (Å²) in [5.41, 5.74) is 2.57. The first-order valence-electron chi connectivity index (χ1n) is 10.7. The third-order valence-corrected chi connectivity index (χ3v) is 5.80. The number of amides is 2. The van der Waals surface area contributed by atoms with Crippen molar-refractivity contribution >= 4 is 23.1 Å². The molecule has 1 saturated heterocycles. The fourth-order valence-electron chi connectivity index (χ4n) is 4.18. The molecule has 32 heavy (non-hydrogen) atoms. The van der Waals surface area contributed by atoms with Crippen molar-refractivity contribution in [3.8, 4) is 0 Å². The smallest absolute Gasteiger partial charge is 0.322 e. The van der Waals surface area contributed by atoms with Gasteiger partial charge in [-0.3, -0.25) is 0 Å². The van der Waals surface area contributed by atoms with E-state index in [9.17, 15) is 9.18 Å². The lowest BCUT2D eigenvalue weighted by Gasteiger charge is -2.25. The summed E-state index contributed by atoms with van der Waals surface area (Å²) in [4.78, 5) is 23.1. The van der Waals surface area contributed by atoms with Crippen LogP contribution in [-0.2, 0) is 0 Å². The van der Waals surface area contributed by atoms with Crippen molar-refractivity contribution in [2.45, 2.75) is 25.0 Å². The van der Waals surface area contributed by atoms with Gasteiger partial charge in [-0.25, -0.2) is 19.2 Å². The molecule has 0 bridgehead atoms. The molecule has 2 atom stereocenters. The fourth-order valence-corrected chi connectivity index (χ4v) is 4.18. The first-order valence-corrected chi connectivity index (χ1v) is 10.7. The zero-order chi connectivity index (χ0) is 21.9. The minimum Gasteiger partial charge on any atom is -0.368 e. The van der Waals surface area contributed by atoms with Gasteiger partial charge >= 0.3 is 6.03 Å². The molecule has 1 fully saturated rings. The molecule has 3 aliphatic rings. The average Bonchev–Trinajstić information content (AvgIpc) is 3.46. The molecule has 9 heteroatoms. The first-order chi connectivity index (χ1) is 15.7. The number of dihydropyridines is 1. The second kappa shape index (κ2) is 8.70. The Morgan fingerprint density at radius 1 is 1.25 bits per heavy atom. The summed E-state index contributed by atoms with van der Waals surface area (Å²) in [6.07, 6.45) is 10.5. The second-order valence-corrected chi connectivity index (χ2v) is 7.86. The van der Waals surface area contributed by atoms with E-state index in [1.807, 2.05) is 54.9 Å². The number of hydrogen-bond donors (Lipinski definition) is 4. The lowest BCUT2D eigenvalue weighted by molar-refractivity contribution is 0.208. The molecule has 5 rings (SSSR count). The third-order valence-electron chi connectivity index (χ3n) is 5.80. The van der Waals surface area contributed by atoms with Crippen molar-refractivity contribution in [3.63, 3.8) is 0 Å². The summed E-state index contributed by atoms with van der Waals surface area (Å²) in [5.74, 6) is 0.0534. The molecule has 164 valence electrons. The number of carbonyl (C=O) groups excluding carboxylic acids is 1. The van der Waals surface area contributed by atoms with Crippen molar-refractivity contribution < 1.29 is 9.18 Å². The Hall–Kier alpha value is -3.88. The van der Waals surface area contributed by atoms with Gasteiger partial charge in [-0.2, -0.15) is 0 Å². The van der Waals surface area contributed by atoms with Crippen molar-refractivity contribution in [2.75, 3.05) is 23.7 Å². The van der Waals surface area contributed by atoms with Crippen LogP contribution >= 0.6 is 0 Å². The highest BCUT2D eigenvalue weighted by Crippen LogP contribution is 2.29.